The van der Waals surface area contributed by atoms with E-state index in [1.165, 1.54) is 11.1 Å². The quantitative estimate of drug-likeness (QED) is 0.577. The molecule has 1 heterocycles. The lowest BCUT2D eigenvalue weighted by Crippen LogP contribution is -1.89. The summed E-state index contributed by atoms with van der Waals surface area (Å²) < 4.78 is 2.11. The number of hydrogen-bond donors (Lipinski definition) is 0. The molecular formula is C10H12N2. The first-order chi connectivity index (χ1) is 5.68. The predicted molar refractivity (Wildman–Crippen MR) is 50.2 cm³/mol. The standard InChI is InChI=1S/C10H12N2/c1-7-4-5-9-10(6-7)12(3)8(2)11-9/h4-6H,1-3H3. The van der Waals surface area contributed by atoms with Crippen LogP contribution in [-0.4, -0.2) is 9.55 Å². The van der Waals surface area contributed by atoms with Crippen LogP contribution in [0.4, 0.5) is 0 Å². The van der Waals surface area contributed by atoms with Crippen LogP contribution in [0, 0.1) is 13.8 Å². The highest BCUT2D eigenvalue weighted by atomic mass is 15.0. The molecular weight excluding hydrogens is 148 g/mol. The van der Waals surface area contributed by atoms with Crippen molar-refractivity contribution in [1.29, 1.82) is 0 Å². The van der Waals surface area contributed by atoms with E-state index in [2.05, 4.69) is 34.7 Å². The molecule has 0 amide bonds. The Bertz CT molecular complexity index is 427. The summed E-state index contributed by atoms with van der Waals surface area (Å²) in [5.41, 5.74) is 3.58. The second kappa shape index (κ2) is 2.34. The van der Waals surface area contributed by atoms with Gasteiger partial charge in [0.1, 0.15) is 5.82 Å². The molecule has 2 nitrogen and oxygen atoms in total. The monoisotopic (exact) mass is 160 g/mol. The highest BCUT2D eigenvalue weighted by Gasteiger charge is 2.02. The van der Waals surface area contributed by atoms with Gasteiger partial charge in [-0.25, -0.2) is 4.98 Å². The highest BCUT2D eigenvalue weighted by molar-refractivity contribution is 5.76. The Labute approximate surface area is 71.8 Å². The molecule has 0 atom stereocenters. The maximum absolute atomic E-state index is 4.42. The summed E-state index contributed by atoms with van der Waals surface area (Å²) in [7, 11) is 2.05. The van der Waals surface area contributed by atoms with Gasteiger partial charge >= 0.3 is 0 Å². The number of aromatic nitrogens is 2. The molecule has 62 valence electrons. The summed E-state index contributed by atoms with van der Waals surface area (Å²) in [6.07, 6.45) is 0. The normalized spacial score (nSPS) is 10.9. The lowest BCUT2D eigenvalue weighted by atomic mass is 10.2. The maximum Gasteiger partial charge on any atom is 0.106 e. The zero-order valence-electron chi connectivity index (χ0n) is 7.63. The largest absolute Gasteiger partial charge is 0.331 e. The molecule has 2 rings (SSSR count). The van der Waals surface area contributed by atoms with Crippen molar-refractivity contribution in [3.05, 3.63) is 29.6 Å². The molecule has 0 spiro atoms. The van der Waals surface area contributed by atoms with Gasteiger partial charge in [0.2, 0.25) is 0 Å². The van der Waals surface area contributed by atoms with Crippen molar-refractivity contribution in [3.8, 4) is 0 Å². The molecule has 0 saturated heterocycles. The summed E-state index contributed by atoms with van der Waals surface area (Å²) in [5.74, 6) is 1.07. The van der Waals surface area contributed by atoms with E-state index in [1.807, 2.05) is 14.0 Å². The van der Waals surface area contributed by atoms with E-state index in [9.17, 15) is 0 Å². The van der Waals surface area contributed by atoms with Gasteiger partial charge in [-0.2, -0.15) is 0 Å². The van der Waals surface area contributed by atoms with Crippen LogP contribution in [0.25, 0.3) is 11.0 Å². The second-order valence-corrected chi connectivity index (χ2v) is 3.21. The Kier molecular flexibility index (Phi) is 1.43. The number of aryl methyl sites for hydroxylation is 3. The van der Waals surface area contributed by atoms with Gasteiger partial charge in [0.25, 0.3) is 0 Å². The van der Waals surface area contributed by atoms with Crippen molar-refractivity contribution >= 4 is 11.0 Å². The van der Waals surface area contributed by atoms with Crippen LogP contribution in [-0.2, 0) is 7.05 Å². The van der Waals surface area contributed by atoms with Crippen LogP contribution >= 0.6 is 0 Å². The Hall–Kier alpha value is -1.31. The molecule has 0 aliphatic carbocycles. The van der Waals surface area contributed by atoms with Crippen molar-refractivity contribution in [2.75, 3.05) is 0 Å². The van der Waals surface area contributed by atoms with Crippen LogP contribution in [0.15, 0.2) is 18.2 Å². The predicted octanol–water partition coefficient (Wildman–Crippen LogP) is 2.19. The molecule has 0 unspecified atom stereocenters. The minimum absolute atomic E-state index is 1.07. The van der Waals surface area contributed by atoms with Crippen LogP contribution < -0.4 is 0 Å². The van der Waals surface area contributed by atoms with Gasteiger partial charge in [0, 0.05) is 7.05 Å². The minimum Gasteiger partial charge on any atom is -0.331 e. The smallest absolute Gasteiger partial charge is 0.106 e. The molecule has 0 aliphatic rings. The van der Waals surface area contributed by atoms with Gasteiger partial charge in [0.05, 0.1) is 11.0 Å². The fourth-order valence-electron chi connectivity index (χ4n) is 1.42. The van der Waals surface area contributed by atoms with E-state index in [1.54, 1.807) is 0 Å². The Morgan fingerprint density at radius 2 is 2.00 bits per heavy atom. The van der Waals surface area contributed by atoms with Gasteiger partial charge in [0.15, 0.2) is 0 Å². The van der Waals surface area contributed by atoms with Crippen LogP contribution in [0.5, 0.6) is 0 Å². The summed E-state index contributed by atoms with van der Waals surface area (Å²) >= 11 is 0. The van der Waals surface area contributed by atoms with Gasteiger partial charge in [-0.3, -0.25) is 0 Å². The van der Waals surface area contributed by atoms with Crippen LogP contribution in [0.2, 0.25) is 0 Å². The molecule has 2 aromatic rings. The van der Waals surface area contributed by atoms with E-state index in [0.717, 1.165) is 11.3 Å². The third-order valence-corrected chi connectivity index (χ3v) is 2.26. The fourth-order valence-corrected chi connectivity index (χ4v) is 1.42. The first-order valence-electron chi connectivity index (χ1n) is 4.08. The maximum atomic E-state index is 4.42. The van der Waals surface area contributed by atoms with Crippen molar-refractivity contribution in [3.63, 3.8) is 0 Å². The summed E-state index contributed by atoms with van der Waals surface area (Å²) in [4.78, 5) is 4.42. The molecule has 1 aromatic carbocycles. The molecule has 0 fully saturated rings. The van der Waals surface area contributed by atoms with Crippen molar-refractivity contribution in [2.24, 2.45) is 7.05 Å². The van der Waals surface area contributed by atoms with E-state index in [-0.39, 0.29) is 0 Å². The summed E-state index contributed by atoms with van der Waals surface area (Å²) in [6, 6.07) is 6.32. The Morgan fingerprint density at radius 1 is 1.25 bits per heavy atom. The number of benzene rings is 1. The Morgan fingerprint density at radius 3 is 2.75 bits per heavy atom. The molecule has 0 saturated carbocycles. The molecule has 0 bridgehead atoms. The molecule has 0 N–H and O–H groups in total. The minimum atomic E-state index is 1.07. The molecule has 2 heteroatoms. The highest BCUT2D eigenvalue weighted by Crippen LogP contribution is 2.15. The topological polar surface area (TPSA) is 17.8 Å². The molecule has 0 radical (unpaired) electrons. The second-order valence-electron chi connectivity index (χ2n) is 3.21. The third-order valence-electron chi connectivity index (χ3n) is 2.26. The van der Waals surface area contributed by atoms with Gasteiger partial charge < -0.3 is 4.57 Å². The average Bonchev–Trinajstić information content (AvgIpc) is 2.31. The number of fused-ring (bicyclic) bond motifs is 1. The summed E-state index contributed by atoms with van der Waals surface area (Å²) in [5, 5.41) is 0. The third kappa shape index (κ3) is 0.916. The number of rotatable bonds is 0. The number of hydrogen-bond acceptors (Lipinski definition) is 1. The van der Waals surface area contributed by atoms with Crippen molar-refractivity contribution < 1.29 is 0 Å². The number of imidazole rings is 1. The van der Waals surface area contributed by atoms with E-state index < -0.39 is 0 Å². The summed E-state index contributed by atoms with van der Waals surface area (Å²) in [6.45, 7) is 4.12. The van der Waals surface area contributed by atoms with E-state index >= 15 is 0 Å². The van der Waals surface area contributed by atoms with Gasteiger partial charge in [-0.05, 0) is 31.5 Å². The number of nitrogens with zero attached hydrogens (tertiary/aromatic N) is 2. The van der Waals surface area contributed by atoms with Crippen LogP contribution in [0.1, 0.15) is 11.4 Å². The van der Waals surface area contributed by atoms with E-state index in [0.29, 0.717) is 0 Å². The van der Waals surface area contributed by atoms with Crippen molar-refractivity contribution in [2.45, 2.75) is 13.8 Å². The van der Waals surface area contributed by atoms with Crippen molar-refractivity contribution in [1.82, 2.24) is 9.55 Å². The van der Waals surface area contributed by atoms with E-state index in [4.69, 9.17) is 0 Å². The van der Waals surface area contributed by atoms with Gasteiger partial charge in [-0.1, -0.05) is 6.07 Å². The van der Waals surface area contributed by atoms with Gasteiger partial charge in [-0.15, -0.1) is 0 Å². The molecule has 0 aliphatic heterocycles. The zero-order valence-corrected chi connectivity index (χ0v) is 7.63. The first-order valence-corrected chi connectivity index (χ1v) is 4.08. The molecule has 12 heavy (non-hydrogen) atoms. The SMILES string of the molecule is Cc1ccc2nc(C)n(C)c2c1. The average molecular weight is 160 g/mol. The molecule has 1 aromatic heterocycles. The van der Waals surface area contributed by atoms with Crippen LogP contribution in [0.3, 0.4) is 0 Å². The first kappa shape index (κ1) is 7.35. The zero-order chi connectivity index (χ0) is 8.72. The fraction of sp³-hybridized carbons (Fsp3) is 0.300. The lowest BCUT2D eigenvalue weighted by molar-refractivity contribution is 0.885. The Balaban J connectivity index is 2.88. The lowest BCUT2D eigenvalue weighted by Gasteiger charge is -1.96.